The lowest BCUT2D eigenvalue weighted by Crippen LogP contribution is -2.09. The molecule has 1 heterocycles. The first kappa shape index (κ1) is 11.7. The van der Waals surface area contributed by atoms with Gasteiger partial charge in [0, 0.05) is 5.02 Å². The summed E-state index contributed by atoms with van der Waals surface area (Å²) in [7, 11) is 0. The number of ether oxygens (including phenoxy) is 1. The first-order valence-electron chi connectivity index (χ1n) is 4.97. The molecular weight excluding hydrogens is 242 g/mol. The minimum atomic E-state index is -0.492. The zero-order valence-electron chi connectivity index (χ0n) is 9.36. The van der Waals surface area contributed by atoms with Gasteiger partial charge in [0.1, 0.15) is 17.6 Å². The number of esters is 1. The first-order valence-corrected chi connectivity index (χ1v) is 5.35. The Kier molecular flexibility index (Phi) is 3.15. The molecule has 0 saturated heterocycles. The molecule has 2 aromatic rings. The number of aromatic nitrogens is 1. The van der Waals surface area contributed by atoms with Gasteiger partial charge in [-0.25, -0.2) is 4.79 Å². The fourth-order valence-electron chi connectivity index (χ4n) is 1.37. The molecule has 0 fully saturated rings. The highest BCUT2D eigenvalue weighted by molar-refractivity contribution is 6.30. The Balaban J connectivity index is 2.22. The van der Waals surface area contributed by atoms with Crippen LogP contribution in [-0.2, 0) is 0 Å². The molecule has 1 aromatic carbocycles. The van der Waals surface area contributed by atoms with Gasteiger partial charge in [0.2, 0.25) is 0 Å². The number of carbonyl (C=O) groups is 1. The lowest BCUT2D eigenvalue weighted by Gasteiger charge is -2.06. The second kappa shape index (κ2) is 4.59. The highest BCUT2D eigenvalue weighted by atomic mass is 35.5. The van der Waals surface area contributed by atoms with Gasteiger partial charge in [-0.2, -0.15) is 0 Å². The van der Waals surface area contributed by atoms with Crippen molar-refractivity contribution in [3.8, 4) is 5.75 Å². The molecule has 0 aliphatic heterocycles. The van der Waals surface area contributed by atoms with Crippen LogP contribution in [0, 0.1) is 13.8 Å². The second-order valence-electron chi connectivity index (χ2n) is 3.61. The van der Waals surface area contributed by atoms with E-state index >= 15 is 0 Å². The molecule has 0 saturated carbocycles. The van der Waals surface area contributed by atoms with Gasteiger partial charge in [0.15, 0.2) is 0 Å². The normalized spacial score (nSPS) is 10.3. The van der Waals surface area contributed by atoms with E-state index in [1.807, 2.05) is 6.92 Å². The van der Waals surface area contributed by atoms with Crippen molar-refractivity contribution >= 4 is 17.6 Å². The van der Waals surface area contributed by atoms with Crippen LogP contribution >= 0.6 is 11.6 Å². The Bertz CT molecular complexity index is 563. The third-order valence-electron chi connectivity index (χ3n) is 2.31. The van der Waals surface area contributed by atoms with Crippen molar-refractivity contribution in [1.82, 2.24) is 5.16 Å². The van der Waals surface area contributed by atoms with Crippen LogP contribution in [0.5, 0.6) is 5.75 Å². The summed E-state index contributed by atoms with van der Waals surface area (Å²) in [6.45, 7) is 3.49. The van der Waals surface area contributed by atoms with E-state index in [0.29, 0.717) is 22.0 Å². The molecule has 1 aromatic heterocycles. The molecule has 4 nitrogen and oxygen atoms in total. The van der Waals surface area contributed by atoms with E-state index in [-0.39, 0.29) is 0 Å². The number of hydrogen-bond donors (Lipinski definition) is 0. The smallest absolute Gasteiger partial charge is 0.348 e. The summed E-state index contributed by atoms with van der Waals surface area (Å²) >= 11 is 5.81. The molecule has 0 spiro atoms. The first-order chi connectivity index (χ1) is 8.08. The van der Waals surface area contributed by atoms with E-state index < -0.39 is 5.97 Å². The van der Waals surface area contributed by atoms with Gasteiger partial charge in [-0.15, -0.1) is 0 Å². The molecule has 2 rings (SSSR count). The fraction of sp³-hybridized carbons (Fsp3) is 0.167. The van der Waals surface area contributed by atoms with Gasteiger partial charge in [-0.1, -0.05) is 16.8 Å². The van der Waals surface area contributed by atoms with Crippen LogP contribution in [0.4, 0.5) is 0 Å². The SMILES string of the molecule is Cc1cc(Cl)ccc1OC(=O)c1conc1C. The Morgan fingerprint density at radius 3 is 2.76 bits per heavy atom. The Hall–Kier alpha value is -1.81. The summed E-state index contributed by atoms with van der Waals surface area (Å²) in [4.78, 5) is 11.8. The molecule has 0 unspecified atom stereocenters. The number of nitrogens with zero attached hydrogens (tertiary/aromatic N) is 1. The molecule has 0 radical (unpaired) electrons. The van der Waals surface area contributed by atoms with Crippen molar-refractivity contribution in [2.45, 2.75) is 13.8 Å². The fourth-order valence-corrected chi connectivity index (χ4v) is 1.60. The summed E-state index contributed by atoms with van der Waals surface area (Å²) < 4.78 is 9.91. The topological polar surface area (TPSA) is 52.3 Å². The molecule has 0 aliphatic carbocycles. The van der Waals surface area contributed by atoms with Crippen LogP contribution < -0.4 is 4.74 Å². The minimum absolute atomic E-state index is 0.319. The zero-order chi connectivity index (χ0) is 12.4. The number of benzene rings is 1. The van der Waals surface area contributed by atoms with E-state index in [0.717, 1.165) is 5.56 Å². The largest absolute Gasteiger partial charge is 0.423 e. The Labute approximate surface area is 103 Å². The molecule has 17 heavy (non-hydrogen) atoms. The predicted octanol–water partition coefficient (Wildman–Crippen LogP) is 3.16. The summed E-state index contributed by atoms with van der Waals surface area (Å²) in [6, 6.07) is 5.04. The van der Waals surface area contributed by atoms with Crippen molar-refractivity contribution in [3.63, 3.8) is 0 Å². The quantitative estimate of drug-likeness (QED) is 0.608. The maximum absolute atomic E-state index is 11.8. The van der Waals surface area contributed by atoms with Crippen molar-refractivity contribution in [3.05, 3.63) is 46.3 Å². The third-order valence-corrected chi connectivity index (χ3v) is 2.54. The van der Waals surface area contributed by atoms with E-state index in [1.54, 1.807) is 25.1 Å². The van der Waals surface area contributed by atoms with Crippen molar-refractivity contribution in [2.75, 3.05) is 0 Å². The van der Waals surface area contributed by atoms with Crippen LogP contribution in [0.2, 0.25) is 5.02 Å². The van der Waals surface area contributed by atoms with E-state index in [9.17, 15) is 4.79 Å². The molecular formula is C12H10ClNO3. The predicted molar refractivity (Wildman–Crippen MR) is 62.4 cm³/mol. The molecule has 88 valence electrons. The standard InChI is InChI=1S/C12H10ClNO3/c1-7-5-9(13)3-4-11(7)17-12(15)10-6-16-14-8(10)2/h3-6H,1-2H3. The summed E-state index contributed by atoms with van der Waals surface area (Å²) in [5, 5.41) is 4.22. The summed E-state index contributed by atoms with van der Waals surface area (Å²) in [5.41, 5.74) is 1.61. The van der Waals surface area contributed by atoms with Crippen LogP contribution in [0.15, 0.2) is 29.0 Å². The van der Waals surface area contributed by atoms with Crippen LogP contribution in [0.25, 0.3) is 0 Å². The van der Waals surface area contributed by atoms with E-state index in [1.165, 1.54) is 6.26 Å². The molecule has 0 N–H and O–H groups in total. The number of rotatable bonds is 2. The van der Waals surface area contributed by atoms with Crippen LogP contribution in [0.1, 0.15) is 21.6 Å². The van der Waals surface area contributed by atoms with E-state index in [4.69, 9.17) is 16.3 Å². The highest BCUT2D eigenvalue weighted by Crippen LogP contribution is 2.23. The second-order valence-corrected chi connectivity index (χ2v) is 4.05. The third kappa shape index (κ3) is 2.47. The van der Waals surface area contributed by atoms with Crippen molar-refractivity contribution < 1.29 is 14.1 Å². The van der Waals surface area contributed by atoms with Gasteiger partial charge in [0.25, 0.3) is 0 Å². The molecule has 0 bridgehead atoms. The molecule has 0 aliphatic rings. The monoisotopic (exact) mass is 251 g/mol. The number of aryl methyl sites for hydroxylation is 2. The number of halogens is 1. The molecule has 0 atom stereocenters. The summed E-state index contributed by atoms with van der Waals surface area (Å²) in [5.74, 6) is -0.0193. The minimum Gasteiger partial charge on any atom is -0.423 e. The maximum atomic E-state index is 11.8. The Morgan fingerprint density at radius 1 is 1.41 bits per heavy atom. The lowest BCUT2D eigenvalue weighted by molar-refractivity contribution is 0.0732. The van der Waals surface area contributed by atoms with Crippen LogP contribution in [0.3, 0.4) is 0 Å². The van der Waals surface area contributed by atoms with Crippen molar-refractivity contribution in [2.24, 2.45) is 0 Å². The lowest BCUT2D eigenvalue weighted by atomic mass is 10.2. The number of carbonyl (C=O) groups excluding carboxylic acids is 1. The van der Waals surface area contributed by atoms with Gasteiger partial charge in [-0.05, 0) is 37.6 Å². The average Bonchev–Trinajstić information content (AvgIpc) is 2.68. The van der Waals surface area contributed by atoms with Gasteiger partial charge in [-0.3, -0.25) is 0 Å². The molecule has 0 amide bonds. The van der Waals surface area contributed by atoms with Gasteiger partial charge >= 0.3 is 5.97 Å². The van der Waals surface area contributed by atoms with E-state index in [2.05, 4.69) is 9.68 Å². The number of hydrogen-bond acceptors (Lipinski definition) is 4. The van der Waals surface area contributed by atoms with Gasteiger partial charge < -0.3 is 9.26 Å². The molecule has 5 heteroatoms. The Morgan fingerprint density at radius 2 is 2.18 bits per heavy atom. The van der Waals surface area contributed by atoms with Gasteiger partial charge in [0.05, 0.1) is 5.69 Å². The average molecular weight is 252 g/mol. The summed E-state index contributed by atoms with van der Waals surface area (Å²) in [6.07, 6.45) is 1.27. The highest BCUT2D eigenvalue weighted by Gasteiger charge is 2.16. The zero-order valence-corrected chi connectivity index (χ0v) is 10.1. The maximum Gasteiger partial charge on any atom is 0.348 e. The van der Waals surface area contributed by atoms with Crippen molar-refractivity contribution in [1.29, 1.82) is 0 Å². The van der Waals surface area contributed by atoms with Crippen LogP contribution in [-0.4, -0.2) is 11.1 Å².